The van der Waals surface area contributed by atoms with Gasteiger partial charge in [0.25, 0.3) is 0 Å². The van der Waals surface area contributed by atoms with Gasteiger partial charge in [-0.1, -0.05) is 74.5 Å². The van der Waals surface area contributed by atoms with Crippen LogP contribution < -0.4 is 10.6 Å². The predicted octanol–water partition coefficient (Wildman–Crippen LogP) is 4.64. The second kappa shape index (κ2) is 7.48. The molecule has 0 amide bonds. The molecular formula is C23H21P. The molecule has 0 bridgehead atoms. The minimum atomic E-state index is 0.635. The van der Waals surface area contributed by atoms with E-state index in [1.165, 1.54) is 27.3 Å². The SMILES string of the molecule is Cc1cc(C)c(Pc2ccccc2C#Cc2ccccc2)c(C)c1. The molecule has 1 atom stereocenters. The fourth-order valence-corrected chi connectivity index (χ4v) is 4.14. The van der Waals surface area contributed by atoms with Crippen LogP contribution in [0.25, 0.3) is 0 Å². The lowest BCUT2D eigenvalue weighted by Crippen LogP contribution is -2.12. The standard InChI is InChI=1S/C23H21P/c1-17-15-18(2)23(19(3)16-17)24-22-12-8-7-11-21(22)14-13-20-9-5-4-6-10-20/h4-12,15-16,24H,1-3H3. The molecule has 0 N–H and O–H groups in total. The molecule has 0 saturated heterocycles. The Labute approximate surface area is 146 Å². The van der Waals surface area contributed by atoms with E-state index < -0.39 is 0 Å². The van der Waals surface area contributed by atoms with E-state index in [1.54, 1.807) is 0 Å². The summed E-state index contributed by atoms with van der Waals surface area (Å²) >= 11 is 0. The van der Waals surface area contributed by atoms with Gasteiger partial charge in [-0.2, -0.15) is 0 Å². The van der Waals surface area contributed by atoms with E-state index in [1.807, 2.05) is 30.3 Å². The van der Waals surface area contributed by atoms with E-state index in [-0.39, 0.29) is 0 Å². The summed E-state index contributed by atoms with van der Waals surface area (Å²) in [5.41, 5.74) is 6.25. The van der Waals surface area contributed by atoms with Crippen LogP contribution in [-0.4, -0.2) is 0 Å². The van der Waals surface area contributed by atoms with Crippen molar-refractivity contribution in [3.05, 3.63) is 94.5 Å². The molecule has 3 aromatic rings. The minimum Gasteiger partial charge on any atom is -0.0622 e. The zero-order valence-corrected chi connectivity index (χ0v) is 15.4. The Morgan fingerprint density at radius 1 is 0.708 bits per heavy atom. The molecule has 3 rings (SSSR count). The number of rotatable bonds is 2. The number of hydrogen-bond donors (Lipinski definition) is 0. The van der Waals surface area contributed by atoms with Crippen LogP contribution >= 0.6 is 8.58 Å². The van der Waals surface area contributed by atoms with E-state index in [2.05, 4.69) is 69.0 Å². The summed E-state index contributed by atoms with van der Waals surface area (Å²) < 4.78 is 0. The summed E-state index contributed by atoms with van der Waals surface area (Å²) in [5.74, 6) is 6.64. The Kier molecular flexibility index (Phi) is 5.14. The van der Waals surface area contributed by atoms with Gasteiger partial charge in [0.2, 0.25) is 0 Å². The molecule has 0 spiro atoms. The molecule has 0 aliphatic carbocycles. The molecule has 118 valence electrons. The molecule has 1 heteroatoms. The maximum atomic E-state index is 3.36. The first-order chi connectivity index (χ1) is 11.6. The Bertz CT molecular complexity index is 889. The summed E-state index contributed by atoms with van der Waals surface area (Å²) in [5, 5.41) is 2.76. The van der Waals surface area contributed by atoms with Crippen LogP contribution in [0, 0.1) is 32.6 Å². The average molecular weight is 328 g/mol. The van der Waals surface area contributed by atoms with Crippen molar-refractivity contribution in [1.82, 2.24) is 0 Å². The van der Waals surface area contributed by atoms with Crippen LogP contribution in [-0.2, 0) is 0 Å². The summed E-state index contributed by atoms with van der Waals surface area (Å²) in [6.07, 6.45) is 0. The number of hydrogen-bond acceptors (Lipinski definition) is 0. The summed E-state index contributed by atoms with van der Waals surface area (Å²) in [7, 11) is 0.635. The number of benzene rings is 3. The molecule has 0 radical (unpaired) electrons. The van der Waals surface area contributed by atoms with Gasteiger partial charge in [-0.3, -0.25) is 0 Å². The molecular weight excluding hydrogens is 307 g/mol. The van der Waals surface area contributed by atoms with Gasteiger partial charge in [-0.05, 0) is 60.7 Å². The van der Waals surface area contributed by atoms with E-state index in [0.717, 1.165) is 11.1 Å². The largest absolute Gasteiger partial charge is 0.0622 e. The van der Waals surface area contributed by atoms with Gasteiger partial charge in [-0.15, -0.1) is 0 Å². The van der Waals surface area contributed by atoms with Crippen molar-refractivity contribution < 1.29 is 0 Å². The molecule has 0 saturated carbocycles. The summed E-state index contributed by atoms with van der Waals surface area (Å²) in [4.78, 5) is 0. The molecule has 3 aromatic carbocycles. The molecule has 0 fully saturated rings. The van der Waals surface area contributed by atoms with Crippen LogP contribution in [0.15, 0.2) is 66.7 Å². The van der Waals surface area contributed by atoms with Crippen LogP contribution in [0.1, 0.15) is 27.8 Å². The molecule has 0 aliphatic rings. The normalized spacial score (nSPS) is 10.6. The zero-order chi connectivity index (χ0) is 16.9. The lowest BCUT2D eigenvalue weighted by Gasteiger charge is -2.12. The third-order valence-electron chi connectivity index (χ3n) is 3.98. The molecule has 0 heterocycles. The van der Waals surface area contributed by atoms with E-state index in [4.69, 9.17) is 0 Å². The van der Waals surface area contributed by atoms with Crippen molar-refractivity contribution in [2.45, 2.75) is 20.8 Å². The molecule has 1 unspecified atom stereocenters. The van der Waals surface area contributed by atoms with Gasteiger partial charge >= 0.3 is 0 Å². The minimum absolute atomic E-state index is 0.635. The van der Waals surface area contributed by atoms with E-state index in [0.29, 0.717) is 8.58 Å². The average Bonchev–Trinajstić information content (AvgIpc) is 2.58. The quantitative estimate of drug-likeness (QED) is 0.475. The predicted molar refractivity (Wildman–Crippen MR) is 107 cm³/mol. The topological polar surface area (TPSA) is 0 Å². The smallest absolute Gasteiger partial charge is 0.0326 e. The van der Waals surface area contributed by atoms with E-state index in [9.17, 15) is 0 Å². The van der Waals surface area contributed by atoms with Crippen molar-refractivity contribution in [3.63, 3.8) is 0 Å². The first-order valence-corrected chi connectivity index (χ1v) is 9.14. The molecule has 0 aliphatic heterocycles. The van der Waals surface area contributed by atoms with Crippen LogP contribution in [0.4, 0.5) is 0 Å². The van der Waals surface area contributed by atoms with Crippen molar-refractivity contribution in [1.29, 1.82) is 0 Å². The lowest BCUT2D eigenvalue weighted by molar-refractivity contribution is 1.36. The highest BCUT2D eigenvalue weighted by Crippen LogP contribution is 2.19. The Hall–Kier alpha value is -2.35. The molecule has 0 nitrogen and oxygen atoms in total. The lowest BCUT2D eigenvalue weighted by atomic mass is 10.1. The highest BCUT2D eigenvalue weighted by atomic mass is 31.1. The van der Waals surface area contributed by atoms with Gasteiger partial charge in [0.1, 0.15) is 0 Å². The van der Waals surface area contributed by atoms with Crippen molar-refractivity contribution in [3.8, 4) is 11.8 Å². The van der Waals surface area contributed by atoms with Gasteiger partial charge in [0, 0.05) is 11.1 Å². The zero-order valence-electron chi connectivity index (χ0n) is 14.4. The highest BCUT2D eigenvalue weighted by molar-refractivity contribution is 7.55. The van der Waals surface area contributed by atoms with Crippen LogP contribution in [0.3, 0.4) is 0 Å². The maximum absolute atomic E-state index is 3.36. The van der Waals surface area contributed by atoms with Crippen molar-refractivity contribution >= 4 is 19.2 Å². The van der Waals surface area contributed by atoms with Gasteiger partial charge in [0.15, 0.2) is 0 Å². The first kappa shape index (κ1) is 16.5. The first-order valence-electron chi connectivity index (χ1n) is 8.14. The van der Waals surface area contributed by atoms with Crippen LogP contribution in [0.2, 0.25) is 0 Å². The second-order valence-electron chi connectivity index (χ2n) is 6.06. The third kappa shape index (κ3) is 3.94. The van der Waals surface area contributed by atoms with Gasteiger partial charge in [0.05, 0.1) is 0 Å². The second-order valence-corrected chi connectivity index (χ2v) is 7.35. The van der Waals surface area contributed by atoms with Crippen molar-refractivity contribution in [2.24, 2.45) is 0 Å². The van der Waals surface area contributed by atoms with Gasteiger partial charge in [-0.25, -0.2) is 0 Å². The Morgan fingerprint density at radius 3 is 2.04 bits per heavy atom. The summed E-state index contributed by atoms with van der Waals surface area (Å²) in [6, 6.07) is 23.2. The molecule has 0 aromatic heterocycles. The summed E-state index contributed by atoms with van der Waals surface area (Å²) in [6.45, 7) is 6.58. The maximum Gasteiger partial charge on any atom is 0.0326 e. The van der Waals surface area contributed by atoms with E-state index >= 15 is 0 Å². The fourth-order valence-electron chi connectivity index (χ4n) is 2.87. The Morgan fingerprint density at radius 2 is 1.33 bits per heavy atom. The van der Waals surface area contributed by atoms with Crippen LogP contribution in [0.5, 0.6) is 0 Å². The third-order valence-corrected chi connectivity index (χ3v) is 5.72. The monoisotopic (exact) mass is 328 g/mol. The highest BCUT2D eigenvalue weighted by Gasteiger charge is 2.07. The van der Waals surface area contributed by atoms with Crippen molar-refractivity contribution in [2.75, 3.05) is 0 Å². The molecule has 24 heavy (non-hydrogen) atoms. The number of aryl methyl sites for hydroxylation is 3. The van der Waals surface area contributed by atoms with Gasteiger partial charge < -0.3 is 0 Å². The Balaban J connectivity index is 1.95. The fraction of sp³-hybridized carbons (Fsp3) is 0.130.